The van der Waals surface area contributed by atoms with E-state index in [0.29, 0.717) is 15.0 Å². The number of nitrogens with zero attached hydrogens (tertiary/aromatic N) is 1. The highest BCUT2D eigenvalue weighted by atomic mass is 32.1. The Morgan fingerprint density at radius 2 is 2.21 bits per heavy atom. The average Bonchev–Trinajstić information content (AvgIpc) is 2.50. The van der Waals surface area contributed by atoms with E-state index < -0.39 is 4.92 Å². The Hall–Kier alpha value is -1.27. The van der Waals surface area contributed by atoms with Gasteiger partial charge < -0.3 is 5.11 Å². The zero-order valence-corrected chi connectivity index (χ0v) is 8.51. The first-order valence-electron chi connectivity index (χ1n) is 3.68. The Bertz CT molecular complexity index is 521. The van der Waals surface area contributed by atoms with Gasteiger partial charge in [-0.3, -0.25) is 10.1 Å². The van der Waals surface area contributed by atoms with Gasteiger partial charge in [-0.15, -0.1) is 24.0 Å². The molecule has 14 heavy (non-hydrogen) atoms. The standard InChI is InChI=1S/C8H5NO3S2/c10-5-2-1-4(9(11)12)7-6(13)3-14-8(5)7/h1-3,10,13H. The molecule has 0 aliphatic carbocycles. The number of phenols is 1. The normalized spacial score (nSPS) is 10.6. The Morgan fingerprint density at radius 1 is 1.50 bits per heavy atom. The second-order valence-corrected chi connectivity index (χ2v) is 4.05. The first kappa shape index (κ1) is 9.29. The van der Waals surface area contributed by atoms with E-state index in [-0.39, 0.29) is 11.4 Å². The summed E-state index contributed by atoms with van der Waals surface area (Å²) >= 11 is 5.35. The third-order valence-corrected chi connectivity index (χ3v) is 3.39. The van der Waals surface area contributed by atoms with Crippen LogP contribution < -0.4 is 0 Å². The molecule has 1 aromatic heterocycles. The fourth-order valence-electron chi connectivity index (χ4n) is 1.25. The van der Waals surface area contributed by atoms with E-state index in [1.54, 1.807) is 5.38 Å². The molecule has 0 atom stereocenters. The number of aromatic hydroxyl groups is 1. The molecular weight excluding hydrogens is 222 g/mol. The van der Waals surface area contributed by atoms with Crippen molar-refractivity contribution in [3.05, 3.63) is 27.6 Å². The topological polar surface area (TPSA) is 63.4 Å². The minimum absolute atomic E-state index is 0.0240. The van der Waals surface area contributed by atoms with Crippen LogP contribution in [0.5, 0.6) is 5.75 Å². The highest BCUT2D eigenvalue weighted by Crippen LogP contribution is 2.40. The summed E-state index contributed by atoms with van der Waals surface area (Å²) in [6, 6.07) is 2.61. The van der Waals surface area contributed by atoms with Crippen molar-refractivity contribution in [1.29, 1.82) is 0 Å². The van der Waals surface area contributed by atoms with Crippen LogP contribution in [0.25, 0.3) is 10.1 Å². The lowest BCUT2D eigenvalue weighted by molar-refractivity contribution is -0.383. The molecule has 72 valence electrons. The molecule has 6 heteroatoms. The number of hydrogen-bond acceptors (Lipinski definition) is 5. The van der Waals surface area contributed by atoms with Gasteiger partial charge in [-0.05, 0) is 6.07 Å². The zero-order chi connectivity index (χ0) is 10.3. The van der Waals surface area contributed by atoms with E-state index in [1.807, 2.05) is 0 Å². The van der Waals surface area contributed by atoms with Crippen molar-refractivity contribution in [2.45, 2.75) is 4.90 Å². The van der Waals surface area contributed by atoms with Crippen molar-refractivity contribution in [3.63, 3.8) is 0 Å². The van der Waals surface area contributed by atoms with Crippen LogP contribution in [0.4, 0.5) is 5.69 Å². The molecule has 0 fully saturated rings. The van der Waals surface area contributed by atoms with Crippen LogP contribution in [0.15, 0.2) is 22.4 Å². The Labute approximate surface area is 88.4 Å². The second-order valence-electron chi connectivity index (χ2n) is 2.69. The molecule has 0 saturated carbocycles. The van der Waals surface area contributed by atoms with Gasteiger partial charge in [0, 0.05) is 16.3 Å². The molecule has 1 aromatic carbocycles. The molecule has 0 unspecified atom stereocenters. The molecule has 1 heterocycles. The summed E-state index contributed by atoms with van der Waals surface area (Å²) in [6.07, 6.45) is 0. The largest absolute Gasteiger partial charge is 0.506 e. The van der Waals surface area contributed by atoms with Crippen LogP contribution in [-0.4, -0.2) is 10.0 Å². The van der Waals surface area contributed by atoms with Crippen molar-refractivity contribution < 1.29 is 10.0 Å². The molecule has 0 bridgehead atoms. The Balaban J connectivity index is 2.92. The maximum atomic E-state index is 10.7. The van der Waals surface area contributed by atoms with Crippen molar-refractivity contribution in [2.75, 3.05) is 0 Å². The number of non-ortho nitro benzene ring substituents is 1. The Morgan fingerprint density at radius 3 is 2.86 bits per heavy atom. The van der Waals surface area contributed by atoms with Gasteiger partial charge in [0.05, 0.1) is 15.0 Å². The summed E-state index contributed by atoms with van der Waals surface area (Å²) in [5, 5.41) is 22.2. The predicted molar refractivity (Wildman–Crippen MR) is 57.4 cm³/mol. The fourth-order valence-corrected chi connectivity index (χ4v) is 2.58. The van der Waals surface area contributed by atoms with Gasteiger partial charge >= 0.3 is 0 Å². The lowest BCUT2D eigenvalue weighted by Crippen LogP contribution is -1.88. The third kappa shape index (κ3) is 1.23. The molecule has 0 amide bonds. The monoisotopic (exact) mass is 227 g/mol. The lowest BCUT2D eigenvalue weighted by atomic mass is 10.2. The van der Waals surface area contributed by atoms with Gasteiger partial charge in [0.2, 0.25) is 0 Å². The van der Waals surface area contributed by atoms with Gasteiger partial charge in [0.25, 0.3) is 5.69 Å². The molecule has 0 aliphatic rings. The summed E-state index contributed by atoms with van der Waals surface area (Å²) < 4.78 is 0.504. The number of thiol groups is 1. The zero-order valence-electron chi connectivity index (χ0n) is 6.80. The molecule has 0 radical (unpaired) electrons. The number of nitro benzene ring substituents is 1. The smallest absolute Gasteiger partial charge is 0.279 e. The number of nitro groups is 1. The summed E-state index contributed by atoms with van der Waals surface area (Å²) in [4.78, 5) is 10.7. The van der Waals surface area contributed by atoms with Crippen LogP contribution in [0.2, 0.25) is 0 Å². The van der Waals surface area contributed by atoms with Gasteiger partial charge in [-0.25, -0.2) is 0 Å². The van der Waals surface area contributed by atoms with Crippen molar-refractivity contribution >= 4 is 39.7 Å². The lowest BCUT2D eigenvalue weighted by Gasteiger charge is -1.97. The average molecular weight is 227 g/mol. The molecule has 0 saturated heterocycles. The second kappa shape index (κ2) is 3.14. The molecule has 2 aromatic rings. The molecule has 2 rings (SSSR count). The molecule has 0 spiro atoms. The highest BCUT2D eigenvalue weighted by Gasteiger charge is 2.17. The maximum Gasteiger partial charge on any atom is 0.279 e. The number of phenolic OH excluding ortho intramolecular Hbond substituents is 1. The van der Waals surface area contributed by atoms with Gasteiger partial charge in [-0.2, -0.15) is 0 Å². The summed E-state index contributed by atoms with van der Waals surface area (Å²) in [7, 11) is 0. The fraction of sp³-hybridized carbons (Fsp3) is 0. The molecule has 4 nitrogen and oxygen atoms in total. The molecular formula is C8H5NO3S2. The van der Waals surface area contributed by atoms with E-state index in [9.17, 15) is 15.2 Å². The minimum atomic E-state index is -0.478. The highest BCUT2D eigenvalue weighted by molar-refractivity contribution is 7.80. The molecule has 1 N–H and O–H groups in total. The van der Waals surface area contributed by atoms with Crippen molar-refractivity contribution in [1.82, 2.24) is 0 Å². The maximum absolute atomic E-state index is 10.7. The van der Waals surface area contributed by atoms with Crippen LogP contribution in [0.3, 0.4) is 0 Å². The number of benzene rings is 1. The van der Waals surface area contributed by atoms with Crippen LogP contribution in [-0.2, 0) is 0 Å². The first-order chi connectivity index (χ1) is 6.61. The molecule has 0 aliphatic heterocycles. The third-order valence-electron chi connectivity index (χ3n) is 1.86. The minimum Gasteiger partial charge on any atom is -0.506 e. The van der Waals surface area contributed by atoms with E-state index >= 15 is 0 Å². The SMILES string of the molecule is O=[N+]([O-])c1ccc(O)c2scc(S)c12. The number of fused-ring (bicyclic) bond motifs is 1. The van der Waals surface area contributed by atoms with Crippen LogP contribution in [0.1, 0.15) is 0 Å². The van der Waals surface area contributed by atoms with Crippen molar-refractivity contribution in [3.8, 4) is 5.75 Å². The van der Waals surface area contributed by atoms with E-state index in [2.05, 4.69) is 12.6 Å². The van der Waals surface area contributed by atoms with E-state index in [0.717, 1.165) is 0 Å². The number of rotatable bonds is 1. The van der Waals surface area contributed by atoms with Crippen LogP contribution in [0, 0.1) is 10.1 Å². The van der Waals surface area contributed by atoms with Gasteiger partial charge in [-0.1, -0.05) is 0 Å². The number of thiophene rings is 1. The number of hydrogen-bond donors (Lipinski definition) is 2. The summed E-state index contributed by atoms with van der Waals surface area (Å²) in [5.74, 6) is 0.0518. The quantitative estimate of drug-likeness (QED) is 0.447. The van der Waals surface area contributed by atoms with Gasteiger partial charge in [0.15, 0.2) is 0 Å². The summed E-state index contributed by atoms with van der Waals surface area (Å²) in [5.41, 5.74) is -0.0240. The van der Waals surface area contributed by atoms with E-state index in [1.165, 1.54) is 23.5 Å². The summed E-state index contributed by atoms with van der Waals surface area (Å²) in [6.45, 7) is 0. The van der Waals surface area contributed by atoms with Crippen LogP contribution >= 0.6 is 24.0 Å². The predicted octanol–water partition coefficient (Wildman–Crippen LogP) is 2.80. The van der Waals surface area contributed by atoms with Gasteiger partial charge in [0.1, 0.15) is 5.75 Å². The Kier molecular flexibility index (Phi) is 2.09. The first-order valence-corrected chi connectivity index (χ1v) is 5.00. The van der Waals surface area contributed by atoms with E-state index in [4.69, 9.17) is 0 Å². The van der Waals surface area contributed by atoms with Crippen molar-refractivity contribution in [2.24, 2.45) is 0 Å².